The monoisotopic (exact) mass is 243 g/mol. The Morgan fingerprint density at radius 2 is 1.88 bits per heavy atom. The van der Waals surface area contributed by atoms with Gasteiger partial charge in [0.25, 0.3) is 0 Å². The van der Waals surface area contributed by atoms with Crippen molar-refractivity contribution in [2.24, 2.45) is 0 Å². The molecule has 0 amide bonds. The number of aliphatic carboxylic acids is 2. The number of pyridine rings is 1. The Morgan fingerprint density at radius 1 is 1.31 bits per heavy atom. The van der Waals surface area contributed by atoms with Crippen LogP contribution >= 0.6 is 11.6 Å². The summed E-state index contributed by atoms with van der Waals surface area (Å²) in [4.78, 5) is 25.0. The van der Waals surface area contributed by atoms with E-state index in [1.807, 2.05) is 0 Å². The van der Waals surface area contributed by atoms with E-state index in [1.165, 1.54) is 12.4 Å². The molecular weight excluding hydrogens is 234 g/mol. The Balaban J connectivity index is 2.96. The van der Waals surface area contributed by atoms with E-state index in [9.17, 15) is 9.59 Å². The van der Waals surface area contributed by atoms with Crippen molar-refractivity contribution in [3.05, 3.63) is 29.0 Å². The first-order chi connectivity index (χ1) is 7.50. The van der Waals surface area contributed by atoms with Gasteiger partial charge in [0, 0.05) is 18.3 Å². The largest absolute Gasteiger partial charge is 0.481 e. The molecule has 1 aromatic rings. The molecule has 0 aliphatic heterocycles. The lowest BCUT2D eigenvalue weighted by Crippen LogP contribution is -2.11. The van der Waals surface area contributed by atoms with Gasteiger partial charge >= 0.3 is 11.9 Å². The molecule has 0 aromatic carbocycles. The molecule has 86 valence electrons. The first kappa shape index (κ1) is 12.4. The summed E-state index contributed by atoms with van der Waals surface area (Å²) >= 11 is 5.84. The van der Waals surface area contributed by atoms with E-state index in [0.29, 0.717) is 5.56 Å². The van der Waals surface area contributed by atoms with Crippen molar-refractivity contribution in [2.45, 2.75) is 18.8 Å². The quantitative estimate of drug-likeness (QED) is 0.823. The van der Waals surface area contributed by atoms with Crippen LogP contribution in [0.4, 0.5) is 0 Å². The Hall–Kier alpha value is -1.62. The molecule has 0 bridgehead atoms. The van der Waals surface area contributed by atoms with Gasteiger partial charge in [0.05, 0.1) is 17.9 Å². The lowest BCUT2D eigenvalue weighted by atomic mass is 9.93. The molecule has 0 aliphatic rings. The van der Waals surface area contributed by atoms with E-state index < -0.39 is 17.9 Å². The molecule has 0 aliphatic carbocycles. The molecular formula is C10H10ClNO4. The topological polar surface area (TPSA) is 87.5 Å². The molecule has 6 heteroatoms. The summed E-state index contributed by atoms with van der Waals surface area (Å²) < 4.78 is 0. The van der Waals surface area contributed by atoms with Gasteiger partial charge in [-0.05, 0) is 11.6 Å². The van der Waals surface area contributed by atoms with Crippen LogP contribution in [0.1, 0.15) is 24.3 Å². The minimum absolute atomic E-state index is 0.268. The molecule has 0 fully saturated rings. The van der Waals surface area contributed by atoms with Crippen LogP contribution in [0, 0.1) is 0 Å². The van der Waals surface area contributed by atoms with Gasteiger partial charge < -0.3 is 10.2 Å². The number of hydrogen-bond donors (Lipinski definition) is 2. The lowest BCUT2D eigenvalue weighted by Gasteiger charge is -2.13. The predicted octanol–water partition coefficient (Wildman–Crippen LogP) is 1.77. The van der Waals surface area contributed by atoms with Crippen molar-refractivity contribution >= 4 is 23.5 Å². The van der Waals surface area contributed by atoms with Crippen molar-refractivity contribution in [1.29, 1.82) is 0 Å². The fourth-order valence-corrected chi connectivity index (χ4v) is 1.70. The van der Waals surface area contributed by atoms with Crippen LogP contribution in [0.2, 0.25) is 5.02 Å². The summed E-state index contributed by atoms with van der Waals surface area (Å²) in [5.74, 6) is -2.75. The second kappa shape index (κ2) is 5.46. The number of rotatable bonds is 5. The smallest absolute Gasteiger partial charge is 0.303 e. The van der Waals surface area contributed by atoms with Crippen LogP contribution in [0.15, 0.2) is 18.5 Å². The summed E-state index contributed by atoms with van der Waals surface area (Å²) in [7, 11) is 0. The van der Waals surface area contributed by atoms with Crippen LogP contribution in [-0.4, -0.2) is 27.1 Å². The van der Waals surface area contributed by atoms with Crippen molar-refractivity contribution in [3.8, 4) is 0 Å². The third kappa shape index (κ3) is 3.51. The zero-order valence-corrected chi connectivity index (χ0v) is 9.02. The average Bonchev–Trinajstić information content (AvgIpc) is 2.15. The maximum absolute atomic E-state index is 10.6. The third-order valence-corrected chi connectivity index (χ3v) is 2.40. The fourth-order valence-electron chi connectivity index (χ4n) is 1.43. The molecule has 0 saturated carbocycles. The number of aromatic nitrogens is 1. The minimum Gasteiger partial charge on any atom is -0.481 e. The minimum atomic E-state index is -1.06. The van der Waals surface area contributed by atoms with Gasteiger partial charge in [-0.15, -0.1) is 0 Å². The number of halogens is 1. The van der Waals surface area contributed by atoms with E-state index in [-0.39, 0.29) is 17.9 Å². The molecule has 0 radical (unpaired) electrons. The van der Waals surface area contributed by atoms with Gasteiger partial charge in [-0.3, -0.25) is 14.6 Å². The molecule has 2 N–H and O–H groups in total. The summed E-state index contributed by atoms with van der Waals surface area (Å²) in [5, 5.41) is 17.7. The first-order valence-electron chi connectivity index (χ1n) is 4.53. The highest BCUT2D eigenvalue weighted by Crippen LogP contribution is 2.28. The maximum Gasteiger partial charge on any atom is 0.303 e. The van der Waals surface area contributed by atoms with Gasteiger partial charge in [0.2, 0.25) is 0 Å². The average molecular weight is 244 g/mol. The molecule has 0 spiro atoms. The Bertz CT molecular complexity index is 392. The van der Waals surface area contributed by atoms with Gasteiger partial charge in [-0.2, -0.15) is 0 Å². The number of hydrogen-bond acceptors (Lipinski definition) is 3. The molecule has 0 atom stereocenters. The van der Waals surface area contributed by atoms with Gasteiger partial charge in [0.15, 0.2) is 0 Å². The second-order valence-corrected chi connectivity index (χ2v) is 3.70. The highest BCUT2D eigenvalue weighted by molar-refractivity contribution is 6.31. The maximum atomic E-state index is 10.6. The zero-order chi connectivity index (χ0) is 12.1. The molecule has 16 heavy (non-hydrogen) atoms. The normalized spacial score (nSPS) is 10.4. The molecule has 5 nitrogen and oxygen atoms in total. The third-order valence-electron chi connectivity index (χ3n) is 2.09. The van der Waals surface area contributed by atoms with E-state index in [4.69, 9.17) is 21.8 Å². The second-order valence-electron chi connectivity index (χ2n) is 3.29. The standard InChI is InChI=1S/C10H10ClNO4/c11-8-5-12-2-1-7(8)6(3-9(13)14)4-10(15)16/h1-2,5-6H,3-4H2,(H,13,14)(H,15,16). The molecule has 1 heterocycles. The van der Waals surface area contributed by atoms with Crippen molar-refractivity contribution in [2.75, 3.05) is 0 Å². The number of carboxylic acids is 2. The first-order valence-corrected chi connectivity index (χ1v) is 4.91. The summed E-state index contributed by atoms with van der Waals surface area (Å²) in [6.45, 7) is 0. The summed E-state index contributed by atoms with van der Waals surface area (Å²) in [6, 6.07) is 1.54. The fraction of sp³-hybridized carbons (Fsp3) is 0.300. The molecule has 0 saturated heterocycles. The highest BCUT2D eigenvalue weighted by Gasteiger charge is 2.21. The SMILES string of the molecule is O=C(O)CC(CC(=O)O)c1ccncc1Cl. The molecule has 1 aromatic heterocycles. The van der Waals surface area contributed by atoms with Crippen LogP contribution < -0.4 is 0 Å². The van der Waals surface area contributed by atoms with E-state index >= 15 is 0 Å². The van der Waals surface area contributed by atoms with Crippen LogP contribution in [0.3, 0.4) is 0 Å². The van der Waals surface area contributed by atoms with Gasteiger partial charge in [0.1, 0.15) is 0 Å². The molecule has 1 rings (SSSR count). The van der Waals surface area contributed by atoms with Crippen molar-refractivity contribution in [3.63, 3.8) is 0 Å². The van der Waals surface area contributed by atoms with E-state index in [1.54, 1.807) is 6.07 Å². The summed E-state index contributed by atoms with van der Waals surface area (Å²) in [5.41, 5.74) is 0.501. The molecule has 0 unspecified atom stereocenters. The Labute approximate surface area is 96.7 Å². The van der Waals surface area contributed by atoms with Crippen molar-refractivity contribution < 1.29 is 19.8 Å². The van der Waals surface area contributed by atoms with E-state index in [0.717, 1.165) is 0 Å². The predicted molar refractivity (Wildman–Crippen MR) is 56.5 cm³/mol. The Kier molecular flexibility index (Phi) is 4.25. The number of nitrogens with zero attached hydrogens (tertiary/aromatic N) is 1. The zero-order valence-electron chi connectivity index (χ0n) is 8.26. The van der Waals surface area contributed by atoms with Crippen LogP contribution in [0.25, 0.3) is 0 Å². The summed E-state index contributed by atoms with van der Waals surface area (Å²) in [6.07, 6.45) is 2.29. The number of carboxylic acid groups (broad SMARTS) is 2. The van der Waals surface area contributed by atoms with Crippen LogP contribution in [0.5, 0.6) is 0 Å². The van der Waals surface area contributed by atoms with Gasteiger partial charge in [-0.25, -0.2) is 0 Å². The Morgan fingerprint density at radius 3 is 2.31 bits per heavy atom. The van der Waals surface area contributed by atoms with Crippen molar-refractivity contribution in [1.82, 2.24) is 4.98 Å². The number of carbonyl (C=O) groups is 2. The van der Waals surface area contributed by atoms with Gasteiger partial charge in [-0.1, -0.05) is 11.6 Å². The lowest BCUT2D eigenvalue weighted by molar-refractivity contribution is -0.139. The highest BCUT2D eigenvalue weighted by atomic mass is 35.5. The van der Waals surface area contributed by atoms with E-state index in [2.05, 4.69) is 4.98 Å². The van der Waals surface area contributed by atoms with Crippen LogP contribution in [-0.2, 0) is 9.59 Å².